The van der Waals surface area contributed by atoms with E-state index in [1.54, 1.807) is 12.1 Å². The van der Waals surface area contributed by atoms with Gasteiger partial charge in [0, 0.05) is 18.0 Å². The zero-order valence-corrected chi connectivity index (χ0v) is 22.0. The Morgan fingerprint density at radius 2 is 1.55 bits per heavy atom. The molecule has 6 heteroatoms. The van der Waals surface area contributed by atoms with Crippen molar-refractivity contribution in [3.63, 3.8) is 0 Å². The summed E-state index contributed by atoms with van der Waals surface area (Å²) >= 11 is 12.6. The molecular formula is C27H33Cl2N3O. The molecule has 4 nitrogen and oxygen atoms in total. The number of hydrogen-bond acceptors (Lipinski definition) is 3. The molecule has 4 unspecified atom stereocenters. The highest BCUT2D eigenvalue weighted by Crippen LogP contribution is 2.71. The third-order valence-electron chi connectivity index (χ3n) is 10.1. The van der Waals surface area contributed by atoms with E-state index in [1.165, 1.54) is 6.42 Å². The number of carbonyl (C=O) groups is 1. The molecule has 6 rings (SSSR count). The van der Waals surface area contributed by atoms with Crippen LogP contribution in [0.1, 0.15) is 85.0 Å². The van der Waals surface area contributed by atoms with E-state index in [0.29, 0.717) is 16.1 Å². The lowest BCUT2D eigenvalue weighted by Gasteiger charge is -2.43. The fourth-order valence-corrected chi connectivity index (χ4v) is 8.83. The molecule has 0 radical (unpaired) electrons. The summed E-state index contributed by atoms with van der Waals surface area (Å²) in [7, 11) is 0. The Morgan fingerprint density at radius 1 is 0.939 bits per heavy atom. The van der Waals surface area contributed by atoms with E-state index in [0.717, 1.165) is 54.6 Å². The Kier molecular flexibility index (Phi) is 4.17. The molecule has 1 aromatic heterocycles. The van der Waals surface area contributed by atoms with E-state index in [4.69, 9.17) is 33.2 Å². The first-order valence-electron chi connectivity index (χ1n) is 12.2. The Morgan fingerprint density at radius 3 is 2.18 bits per heavy atom. The molecule has 4 bridgehead atoms. The summed E-state index contributed by atoms with van der Waals surface area (Å²) in [6, 6.07) is 3.91. The molecule has 3 fully saturated rings. The second-order valence-electron chi connectivity index (χ2n) is 13.2. The standard InChI is InChI=1S/C27H33Cl2N3O/c1-23(2)11-15-12-25(5,13-23)14-32(15)22(33)27-8-7-26(6,24(27,3)4)20-21(27)31-19-10-17(29)16(28)9-18(19)30-20/h9-10,15H,7-8,11-14H2,1-6H3. The van der Waals surface area contributed by atoms with Gasteiger partial charge in [-0.2, -0.15) is 0 Å². The van der Waals surface area contributed by atoms with Gasteiger partial charge in [0.15, 0.2) is 0 Å². The van der Waals surface area contributed by atoms with Gasteiger partial charge in [0.1, 0.15) is 0 Å². The second-order valence-corrected chi connectivity index (χ2v) is 14.0. The third kappa shape index (κ3) is 2.58. The van der Waals surface area contributed by atoms with E-state index in [-0.39, 0.29) is 27.6 Å². The first-order chi connectivity index (χ1) is 15.2. The van der Waals surface area contributed by atoms with Gasteiger partial charge in [0.05, 0.1) is 37.9 Å². The van der Waals surface area contributed by atoms with Crippen molar-refractivity contribution in [2.75, 3.05) is 6.54 Å². The number of carbonyl (C=O) groups excluding carboxylic acids is 1. The maximum atomic E-state index is 14.7. The van der Waals surface area contributed by atoms with Crippen molar-refractivity contribution in [2.45, 2.75) is 90.5 Å². The molecule has 1 aliphatic heterocycles. The summed E-state index contributed by atoms with van der Waals surface area (Å²) in [6.45, 7) is 14.7. The number of fused-ring (bicyclic) bond motifs is 8. The predicted molar refractivity (Wildman–Crippen MR) is 133 cm³/mol. The molecule has 1 amide bonds. The Bertz CT molecular complexity index is 1240. The number of benzene rings is 1. The minimum atomic E-state index is -0.650. The van der Waals surface area contributed by atoms with Crippen molar-refractivity contribution in [3.05, 3.63) is 33.6 Å². The molecule has 3 aliphatic carbocycles. The molecule has 176 valence electrons. The summed E-state index contributed by atoms with van der Waals surface area (Å²) in [5, 5.41) is 0.952. The molecule has 0 spiro atoms. The van der Waals surface area contributed by atoms with Crippen molar-refractivity contribution >= 4 is 40.1 Å². The largest absolute Gasteiger partial charge is 0.338 e. The predicted octanol–water partition coefficient (Wildman–Crippen LogP) is 6.69. The van der Waals surface area contributed by atoms with Crippen LogP contribution in [0, 0.1) is 16.2 Å². The average molecular weight is 486 g/mol. The maximum absolute atomic E-state index is 14.7. The van der Waals surface area contributed by atoms with Crippen molar-refractivity contribution in [1.82, 2.24) is 14.9 Å². The van der Waals surface area contributed by atoms with Gasteiger partial charge in [-0.25, -0.2) is 9.97 Å². The molecule has 4 atom stereocenters. The minimum Gasteiger partial charge on any atom is -0.338 e. The van der Waals surface area contributed by atoms with E-state index in [1.807, 2.05) is 0 Å². The van der Waals surface area contributed by atoms with Crippen LogP contribution in [0.25, 0.3) is 11.0 Å². The van der Waals surface area contributed by atoms with Gasteiger partial charge < -0.3 is 4.90 Å². The Hall–Kier alpha value is -1.39. The number of hydrogen-bond donors (Lipinski definition) is 0. The topological polar surface area (TPSA) is 46.1 Å². The molecule has 4 aliphatic rings. The molecule has 2 saturated carbocycles. The van der Waals surface area contributed by atoms with Gasteiger partial charge in [-0.15, -0.1) is 0 Å². The van der Waals surface area contributed by atoms with Gasteiger partial charge in [0.25, 0.3) is 0 Å². The molecule has 1 aromatic carbocycles. The molecule has 2 heterocycles. The third-order valence-corrected chi connectivity index (χ3v) is 10.8. The SMILES string of the molecule is CC1(C)CC2CC(C)(CN2C(=O)C23CCC(C)(c4nc5cc(Cl)c(Cl)cc5nc42)C3(C)C)C1. The molecule has 1 saturated heterocycles. The minimum absolute atomic E-state index is 0.200. The van der Waals surface area contributed by atoms with Crippen molar-refractivity contribution in [1.29, 1.82) is 0 Å². The number of rotatable bonds is 1. The van der Waals surface area contributed by atoms with Crippen LogP contribution < -0.4 is 0 Å². The normalized spacial score (nSPS) is 37.6. The Balaban J connectivity index is 1.53. The van der Waals surface area contributed by atoms with Crippen LogP contribution in [-0.4, -0.2) is 33.4 Å². The quantitative estimate of drug-likeness (QED) is 0.451. The maximum Gasteiger partial charge on any atom is 0.235 e. The summed E-state index contributed by atoms with van der Waals surface area (Å²) in [5.41, 5.74) is 2.66. The van der Waals surface area contributed by atoms with Crippen molar-refractivity contribution in [3.8, 4) is 0 Å². The summed E-state index contributed by atoms with van der Waals surface area (Å²) in [4.78, 5) is 27.2. The van der Waals surface area contributed by atoms with Crippen LogP contribution in [0.5, 0.6) is 0 Å². The highest BCUT2D eigenvalue weighted by Gasteiger charge is 2.74. The summed E-state index contributed by atoms with van der Waals surface area (Å²) in [6.07, 6.45) is 5.14. The number of nitrogens with zero attached hydrogens (tertiary/aromatic N) is 3. The number of likely N-dealkylation sites (tertiary alicyclic amines) is 1. The second kappa shape index (κ2) is 6.23. The van der Waals surface area contributed by atoms with E-state index in [9.17, 15) is 4.79 Å². The summed E-state index contributed by atoms with van der Waals surface area (Å²) < 4.78 is 0. The molecular weight excluding hydrogens is 453 g/mol. The fourth-order valence-electron chi connectivity index (χ4n) is 8.51. The van der Waals surface area contributed by atoms with Crippen LogP contribution in [0.15, 0.2) is 12.1 Å². The van der Waals surface area contributed by atoms with Crippen LogP contribution in [0.3, 0.4) is 0 Å². The van der Waals surface area contributed by atoms with Crippen molar-refractivity contribution in [2.24, 2.45) is 16.2 Å². The number of amides is 1. The highest BCUT2D eigenvalue weighted by atomic mass is 35.5. The van der Waals surface area contributed by atoms with Crippen LogP contribution in [0.2, 0.25) is 10.0 Å². The zero-order valence-electron chi connectivity index (χ0n) is 20.5. The fraction of sp³-hybridized carbons (Fsp3) is 0.667. The van der Waals surface area contributed by atoms with Gasteiger partial charge in [-0.3, -0.25) is 4.79 Å². The molecule has 2 aromatic rings. The average Bonchev–Trinajstić information content (AvgIpc) is 3.13. The molecule has 33 heavy (non-hydrogen) atoms. The first-order valence-corrected chi connectivity index (χ1v) is 13.0. The van der Waals surface area contributed by atoms with Gasteiger partial charge in [0.2, 0.25) is 5.91 Å². The lowest BCUT2D eigenvalue weighted by Crippen LogP contribution is -2.54. The van der Waals surface area contributed by atoms with Crippen LogP contribution in [0.4, 0.5) is 0 Å². The van der Waals surface area contributed by atoms with Gasteiger partial charge >= 0.3 is 0 Å². The monoisotopic (exact) mass is 485 g/mol. The van der Waals surface area contributed by atoms with E-state index in [2.05, 4.69) is 46.4 Å². The smallest absolute Gasteiger partial charge is 0.235 e. The van der Waals surface area contributed by atoms with Crippen molar-refractivity contribution < 1.29 is 4.79 Å². The van der Waals surface area contributed by atoms with E-state index < -0.39 is 5.41 Å². The van der Waals surface area contributed by atoms with Crippen LogP contribution in [-0.2, 0) is 15.6 Å². The van der Waals surface area contributed by atoms with E-state index >= 15 is 0 Å². The first kappa shape index (κ1) is 22.1. The van der Waals surface area contributed by atoms with Gasteiger partial charge in [-0.1, -0.05) is 64.7 Å². The van der Waals surface area contributed by atoms with Crippen LogP contribution >= 0.6 is 23.2 Å². The lowest BCUT2D eigenvalue weighted by molar-refractivity contribution is -0.142. The number of aromatic nitrogens is 2. The highest BCUT2D eigenvalue weighted by molar-refractivity contribution is 6.42. The number of halogens is 2. The lowest BCUT2D eigenvalue weighted by atomic mass is 9.63. The zero-order chi connectivity index (χ0) is 23.8. The Labute approximate surface area is 206 Å². The molecule has 0 N–H and O–H groups in total. The summed E-state index contributed by atoms with van der Waals surface area (Å²) in [5.74, 6) is 0.273. The van der Waals surface area contributed by atoms with Gasteiger partial charge in [-0.05, 0) is 60.5 Å².